The van der Waals surface area contributed by atoms with E-state index in [0.717, 1.165) is 41.2 Å². The molecule has 4 aromatic rings. The fraction of sp³-hybridized carbons (Fsp3) is 0.280. The Morgan fingerprint density at radius 3 is 2.29 bits per heavy atom. The summed E-state index contributed by atoms with van der Waals surface area (Å²) in [5, 5.41) is 0. The lowest BCUT2D eigenvalue weighted by atomic mass is 10.1. The topological polar surface area (TPSA) is 71.3 Å². The van der Waals surface area contributed by atoms with Crippen LogP contribution in [0, 0.1) is 11.6 Å². The van der Waals surface area contributed by atoms with Crippen LogP contribution in [-0.4, -0.2) is 58.3 Å². The van der Waals surface area contributed by atoms with Crippen molar-refractivity contribution in [2.24, 2.45) is 0 Å². The Bertz CT molecular complexity index is 1440. The summed E-state index contributed by atoms with van der Waals surface area (Å²) in [6.07, 6.45) is 2.69. The van der Waals surface area contributed by atoms with Gasteiger partial charge in [0, 0.05) is 44.1 Å². The fourth-order valence-electron chi connectivity index (χ4n) is 4.37. The summed E-state index contributed by atoms with van der Waals surface area (Å²) < 4.78 is 56.3. The first-order valence-electron chi connectivity index (χ1n) is 11.5. The molecule has 2 aromatic carbocycles. The lowest BCUT2D eigenvalue weighted by Crippen LogP contribution is -2.48. The van der Waals surface area contributed by atoms with Crippen molar-refractivity contribution < 1.29 is 17.2 Å². The number of aryl methyl sites for hydroxylation is 1. The van der Waals surface area contributed by atoms with E-state index in [9.17, 15) is 17.2 Å². The highest BCUT2D eigenvalue weighted by atomic mass is 32.2. The molecule has 1 fully saturated rings. The molecule has 0 unspecified atom stereocenters. The van der Waals surface area contributed by atoms with Crippen LogP contribution in [0.25, 0.3) is 16.9 Å². The summed E-state index contributed by atoms with van der Waals surface area (Å²) in [7, 11) is -3.99. The number of sulfonamides is 1. The molecule has 35 heavy (non-hydrogen) atoms. The first kappa shape index (κ1) is 23.5. The fourth-order valence-corrected chi connectivity index (χ4v) is 5.84. The third-order valence-electron chi connectivity index (χ3n) is 6.26. The van der Waals surface area contributed by atoms with Crippen molar-refractivity contribution in [2.75, 3.05) is 26.2 Å². The standard InChI is InChI=1S/C25H25F2N5O2S/c1-2-18-5-7-21(8-6-18)32-24(29-23-4-3-9-28-25(23)32)17-30-10-12-31(13-11-30)35(33,34)22-15-19(26)14-20(27)16-22/h3-9,14-16H,2,10-13,17H2,1H3. The summed E-state index contributed by atoms with van der Waals surface area (Å²) in [4.78, 5) is 11.1. The van der Waals surface area contributed by atoms with E-state index in [1.165, 1.54) is 9.87 Å². The summed E-state index contributed by atoms with van der Waals surface area (Å²) in [5.74, 6) is -1.02. The highest BCUT2D eigenvalue weighted by Gasteiger charge is 2.30. The van der Waals surface area contributed by atoms with Gasteiger partial charge in [-0.3, -0.25) is 9.47 Å². The predicted molar refractivity (Wildman–Crippen MR) is 129 cm³/mol. The van der Waals surface area contributed by atoms with Crippen LogP contribution in [0.4, 0.5) is 8.78 Å². The van der Waals surface area contributed by atoms with Crippen LogP contribution in [0.2, 0.25) is 0 Å². The minimum atomic E-state index is -3.99. The van der Waals surface area contributed by atoms with E-state index in [-0.39, 0.29) is 18.0 Å². The minimum Gasteiger partial charge on any atom is -0.293 e. The first-order chi connectivity index (χ1) is 16.8. The Hall–Kier alpha value is -3.21. The van der Waals surface area contributed by atoms with Crippen molar-refractivity contribution in [1.82, 2.24) is 23.7 Å². The van der Waals surface area contributed by atoms with Gasteiger partial charge in [-0.1, -0.05) is 19.1 Å². The van der Waals surface area contributed by atoms with E-state index in [0.29, 0.717) is 25.7 Å². The molecule has 0 amide bonds. The highest BCUT2D eigenvalue weighted by Crippen LogP contribution is 2.24. The van der Waals surface area contributed by atoms with Crippen LogP contribution < -0.4 is 0 Å². The van der Waals surface area contributed by atoms with Crippen molar-refractivity contribution in [2.45, 2.75) is 24.8 Å². The zero-order valence-electron chi connectivity index (χ0n) is 19.2. The number of nitrogens with zero attached hydrogens (tertiary/aromatic N) is 5. The molecular weight excluding hydrogens is 472 g/mol. The average molecular weight is 498 g/mol. The molecule has 2 aromatic heterocycles. The smallest absolute Gasteiger partial charge is 0.243 e. The number of rotatable bonds is 6. The Morgan fingerprint density at radius 2 is 1.63 bits per heavy atom. The van der Waals surface area contributed by atoms with Gasteiger partial charge >= 0.3 is 0 Å². The first-order valence-corrected chi connectivity index (χ1v) is 12.9. The maximum atomic E-state index is 13.6. The second-order valence-electron chi connectivity index (χ2n) is 8.51. The van der Waals surface area contributed by atoms with Crippen molar-refractivity contribution in [3.05, 3.63) is 83.8 Å². The van der Waals surface area contributed by atoms with Crippen molar-refractivity contribution in [3.8, 4) is 5.69 Å². The number of hydrogen-bond acceptors (Lipinski definition) is 5. The molecule has 182 valence electrons. The molecule has 1 aliphatic rings. The number of aromatic nitrogens is 3. The van der Waals surface area contributed by atoms with Gasteiger partial charge in [0.15, 0.2) is 5.65 Å². The Kier molecular flexibility index (Phi) is 6.35. The third-order valence-corrected chi connectivity index (χ3v) is 8.13. The van der Waals surface area contributed by atoms with Crippen molar-refractivity contribution in [1.29, 1.82) is 0 Å². The summed E-state index contributed by atoms with van der Waals surface area (Å²) in [6.45, 7) is 3.97. The van der Waals surface area contributed by atoms with Gasteiger partial charge in [-0.2, -0.15) is 4.31 Å². The molecule has 0 spiro atoms. The predicted octanol–water partition coefficient (Wildman–Crippen LogP) is 3.77. The molecule has 0 atom stereocenters. The molecule has 5 rings (SSSR count). The minimum absolute atomic E-state index is 0.212. The monoisotopic (exact) mass is 497 g/mol. The summed E-state index contributed by atoms with van der Waals surface area (Å²) >= 11 is 0. The zero-order chi connectivity index (χ0) is 24.6. The van der Waals surface area contributed by atoms with E-state index in [2.05, 4.69) is 41.1 Å². The molecule has 3 heterocycles. The summed E-state index contributed by atoms with van der Waals surface area (Å²) in [6, 6.07) is 14.4. The second-order valence-corrected chi connectivity index (χ2v) is 10.5. The maximum Gasteiger partial charge on any atom is 0.243 e. The van der Waals surface area contributed by atoms with Crippen LogP contribution in [-0.2, 0) is 23.0 Å². The van der Waals surface area contributed by atoms with E-state index >= 15 is 0 Å². The summed E-state index contributed by atoms with van der Waals surface area (Å²) in [5.41, 5.74) is 3.76. The molecular formula is C25H25F2N5O2S. The SMILES string of the molecule is CCc1ccc(-n2c(CN3CCN(S(=O)(=O)c4cc(F)cc(F)c4)CC3)nc3cccnc32)cc1. The normalized spacial score (nSPS) is 15.6. The Labute approximate surface area is 202 Å². The van der Waals surface area contributed by atoms with Gasteiger partial charge in [0.2, 0.25) is 10.0 Å². The van der Waals surface area contributed by atoms with Crippen molar-refractivity contribution in [3.63, 3.8) is 0 Å². The number of fused-ring (bicyclic) bond motifs is 1. The quantitative estimate of drug-likeness (QED) is 0.406. The van der Waals surface area contributed by atoms with Crippen LogP contribution in [0.15, 0.2) is 65.7 Å². The van der Waals surface area contributed by atoms with Gasteiger partial charge in [-0.25, -0.2) is 27.2 Å². The number of piperazine rings is 1. The van der Waals surface area contributed by atoms with Crippen LogP contribution >= 0.6 is 0 Å². The molecule has 1 saturated heterocycles. The molecule has 10 heteroatoms. The van der Waals surface area contributed by atoms with Crippen LogP contribution in [0.5, 0.6) is 0 Å². The van der Waals surface area contributed by atoms with Gasteiger partial charge in [0.1, 0.15) is 23.0 Å². The van der Waals surface area contributed by atoms with E-state index in [4.69, 9.17) is 4.98 Å². The van der Waals surface area contributed by atoms with Crippen LogP contribution in [0.1, 0.15) is 18.3 Å². The van der Waals surface area contributed by atoms with Gasteiger partial charge in [-0.05, 0) is 48.4 Å². The molecule has 0 saturated carbocycles. The molecule has 7 nitrogen and oxygen atoms in total. The van der Waals surface area contributed by atoms with Gasteiger partial charge in [0.25, 0.3) is 0 Å². The number of halogens is 2. The van der Waals surface area contributed by atoms with E-state index in [1.54, 1.807) is 6.20 Å². The van der Waals surface area contributed by atoms with E-state index < -0.39 is 21.7 Å². The van der Waals surface area contributed by atoms with Crippen LogP contribution in [0.3, 0.4) is 0 Å². The Balaban J connectivity index is 1.36. The highest BCUT2D eigenvalue weighted by molar-refractivity contribution is 7.89. The number of hydrogen-bond donors (Lipinski definition) is 0. The van der Waals surface area contributed by atoms with Crippen molar-refractivity contribution >= 4 is 21.2 Å². The average Bonchev–Trinajstić information content (AvgIpc) is 3.21. The lowest BCUT2D eigenvalue weighted by molar-refractivity contribution is 0.177. The Morgan fingerprint density at radius 1 is 0.943 bits per heavy atom. The molecule has 0 N–H and O–H groups in total. The van der Waals surface area contributed by atoms with Gasteiger partial charge < -0.3 is 0 Å². The van der Waals surface area contributed by atoms with Gasteiger partial charge in [-0.15, -0.1) is 0 Å². The van der Waals surface area contributed by atoms with Gasteiger partial charge in [0.05, 0.1) is 11.4 Å². The van der Waals surface area contributed by atoms with E-state index in [1.807, 2.05) is 16.7 Å². The maximum absolute atomic E-state index is 13.6. The largest absolute Gasteiger partial charge is 0.293 e. The molecule has 1 aliphatic heterocycles. The molecule has 0 aliphatic carbocycles. The number of benzene rings is 2. The lowest BCUT2D eigenvalue weighted by Gasteiger charge is -2.33. The molecule has 0 bridgehead atoms. The number of imidazole rings is 1. The third kappa shape index (κ3) is 4.69. The molecule has 0 radical (unpaired) electrons. The second kappa shape index (κ2) is 9.44. The zero-order valence-corrected chi connectivity index (χ0v) is 20.0. The number of pyridine rings is 1.